The summed E-state index contributed by atoms with van der Waals surface area (Å²) in [6.45, 7) is 3.80. The Bertz CT molecular complexity index is 346. The molecule has 0 aliphatic carbocycles. The average molecular weight is 220 g/mol. The SMILES string of the molecule is Cc1ccc(NCC2CCCCO2)c(N)c1. The van der Waals surface area contributed by atoms with Crippen LogP contribution in [-0.4, -0.2) is 19.3 Å². The Morgan fingerprint density at radius 2 is 2.31 bits per heavy atom. The van der Waals surface area contributed by atoms with Crippen molar-refractivity contribution < 1.29 is 4.74 Å². The molecule has 0 saturated carbocycles. The number of nitrogens with one attached hydrogen (secondary N) is 1. The molecule has 1 aliphatic heterocycles. The second kappa shape index (κ2) is 5.21. The molecular formula is C13H20N2O. The lowest BCUT2D eigenvalue weighted by Crippen LogP contribution is -2.27. The zero-order chi connectivity index (χ0) is 11.4. The lowest BCUT2D eigenvalue weighted by atomic mass is 10.1. The fourth-order valence-corrected chi connectivity index (χ4v) is 2.04. The van der Waals surface area contributed by atoms with Crippen molar-refractivity contribution in [1.29, 1.82) is 0 Å². The van der Waals surface area contributed by atoms with Crippen LogP contribution in [0, 0.1) is 6.92 Å². The summed E-state index contributed by atoms with van der Waals surface area (Å²) in [5, 5.41) is 3.36. The molecule has 0 bridgehead atoms. The molecule has 1 unspecified atom stereocenters. The Morgan fingerprint density at radius 1 is 1.44 bits per heavy atom. The first kappa shape index (κ1) is 11.3. The summed E-state index contributed by atoms with van der Waals surface area (Å²) in [7, 11) is 0. The van der Waals surface area contributed by atoms with E-state index in [0.29, 0.717) is 6.10 Å². The summed E-state index contributed by atoms with van der Waals surface area (Å²) in [5.41, 5.74) is 8.95. The lowest BCUT2D eigenvalue weighted by molar-refractivity contribution is 0.0248. The molecule has 3 nitrogen and oxygen atoms in total. The highest BCUT2D eigenvalue weighted by Crippen LogP contribution is 2.20. The minimum atomic E-state index is 0.342. The van der Waals surface area contributed by atoms with Gasteiger partial charge >= 0.3 is 0 Å². The zero-order valence-corrected chi connectivity index (χ0v) is 9.83. The molecule has 3 heteroatoms. The van der Waals surface area contributed by atoms with Gasteiger partial charge in [-0.15, -0.1) is 0 Å². The summed E-state index contributed by atoms with van der Waals surface area (Å²) in [5.74, 6) is 0. The van der Waals surface area contributed by atoms with E-state index in [1.165, 1.54) is 18.4 Å². The van der Waals surface area contributed by atoms with Crippen molar-refractivity contribution in [2.24, 2.45) is 0 Å². The van der Waals surface area contributed by atoms with Gasteiger partial charge in [0.25, 0.3) is 0 Å². The molecule has 2 rings (SSSR count). The second-order valence-corrected chi connectivity index (χ2v) is 4.46. The number of benzene rings is 1. The van der Waals surface area contributed by atoms with Crippen molar-refractivity contribution in [3.8, 4) is 0 Å². The number of nitrogens with two attached hydrogens (primary N) is 1. The molecule has 1 saturated heterocycles. The average Bonchev–Trinajstić information content (AvgIpc) is 2.29. The van der Waals surface area contributed by atoms with Crippen LogP contribution in [0.1, 0.15) is 24.8 Å². The summed E-state index contributed by atoms with van der Waals surface area (Å²) in [6.07, 6.45) is 3.96. The first-order valence-corrected chi connectivity index (χ1v) is 5.97. The van der Waals surface area contributed by atoms with Gasteiger partial charge < -0.3 is 15.8 Å². The van der Waals surface area contributed by atoms with Crippen molar-refractivity contribution in [3.63, 3.8) is 0 Å². The summed E-state index contributed by atoms with van der Waals surface area (Å²) < 4.78 is 5.66. The maximum atomic E-state index is 5.93. The molecule has 0 spiro atoms. The molecule has 1 aromatic carbocycles. The topological polar surface area (TPSA) is 47.3 Å². The normalized spacial score (nSPS) is 20.7. The molecular weight excluding hydrogens is 200 g/mol. The highest BCUT2D eigenvalue weighted by Gasteiger charge is 2.13. The van der Waals surface area contributed by atoms with Crippen LogP contribution in [0.5, 0.6) is 0 Å². The van der Waals surface area contributed by atoms with Gasteiger partial charge in [-0.05, 0) is 43.9 Å². The Morgan fingerprint density at radius 3 is 3.00 bits per heavy atom. The number of aryl methyl sites for hydroxylation is 1. The summed E-state index contributed by atoms with van der Waals surface area (Å²) in [6, 6.07) is 6.10. The predicted molar refractivity (Wildman–Crippen MR) is 67.7 cm³/mol. The van der Waals surface area contributed by atoms with E-state index in [4.69, 9.17) is 10.5 Å². The molecule has 0 amide bonds. The van der Waals surface area contributed by atoms with E-state index in [1.807, 2.05) is 19.1 Å². The third-order valence-electron chi connectivity index (χ3n) is 3.00. The molecule has 16 heavy (non-hydrogen) atoms. The van der Waals surface area contributed by atoms with Crippen LogP contribution in [0.3, 0.4) is 0 Å². The van der Waals surface area contributed by atoms with E-state index < -0.39 is 0 Å². The van der Waals surface area contributed by atoms with Gasteiger partial charge in [-0.2, -0.15) is 0 Å². The maximum Gasteiger partial charge on any atom is 0.0747 e. The highest BCUT2D eigenvalue weighted by atomic mass is 16.5. The van der Waals surface area contributed by atoms with E-state index in [9.17, 15) is 0 Å². The van der Waals surface area contributed by atoms with Crippen LogP contribution in [0.4, 0.5) is 11.4 Å². The van der Waals surface area contributed by atoms with Gasteiger partial charge in [0.2, 0.25) is 0 Å². The predicted octanol–water partition coefficient (Wildman–Crippen LogP) is 2.56. The third kappa shape index (κ3) is 2.89. The molecule has 1 fully saturated rings. The highest BCUT2D eigenvalue weighted by molar-refractivity contribution is 5.66. The van der Waals surface area contributed by atoms with Crippen LogP contribution in [0.2, 0.25) is 0 Å². The van der Waals surface area contributed by atoms with Gasteiger partial charge in [0.1, 0.15) is 0 Å². The zero-order valence-electron chi connectivity index (χ0n) is 9.83. The number of ether oxygens (including phenoxy) is 1. The van der Waals surface area contributed by atoms with E-state index >= 15 is 0 Å². The van der Waals surface area contributed by atoms with E-state index in [0.717, 1.165) is 30.9 Å². The summed E-state index contributed by atoms with van der Waals surface area (Å²) >= 11 is 0. The Hall–Kier alpha value is -1.22. The van der Waals surface area contributed by atoms with Crippen molar-refractivity contribution >= 4 is 11.4 Å². The van der Waals surface area contributed by atoms with Crippen molar-refractivity contribution in [2.75, 3.05) is 24.2 Å². The van der Waals surface area contributed by atoms with E-state index in [2.05, 4.69) is 11.4 Å². The van der Waals surface area contributed by atoms with Crippen LogP contribution >= 0.6 is 0 Å². The number of nitrogen functional groups attached to an aromatic ring is 1. The van der Waals surface area contributed by atoms with Crippen LogP contribution < -0.4 is 11.1 Å². The van der Waals surface area contributed by atoms with E-state index in [-0.39, 0.29) is 0 Å². The fourth-order valence-electron chi connectivity index (χ4n) is 2.04. The van der Waals surface area contributed by atoms with Gasteiger partial charge in [-0.3, -0.25) is 0 Å². The molecule has 1 heterocycles. The van der Waals surface area contributed by atoms with E-state index in [1.54, 1.807) is 0 Å². The largest absolute Gasteiger partial charge is 0.397 e. The van der Waals surface area contributed by atoms with Crippen LogP contribution in [-0.2, 0) is 4.74 Å². The van der Waals surface area contributed by atoms with Crippen LogP contribution in [0.15, 0.2) is 18.2 Å². The van der Waals surface area contributed by atoms with Crippen molar-refractivity contribution in [2.45, 2.75) is 32.3 Å². The molecule has 88 valence electrons. The molecule has 3 N–H and O–H groups in total. The summed E-state index contributed by atoms with van der Waals surface area (Å²) in [4.78, 5) is 0. The van der Waals surface area contributed by atoms with Gasteiger partial charge in [0, 0.05) is 13.2 Å². The number of rotatable bonds is 3. The quantitative estimate of drug-likeness (QED) is 0.770. The smallest absolute Gasteiger partial charge is 0.0747 e. The maximum absolute atomic E-state index is 5.93. The van der Waals surface area contributed by atoms with Gasteiger partial charge in [0.05, 0.1) is 17.5 Å². The molecule has 0 aromatic heterocycles. The Balaban J connectivity index is 1.88. The minimum Gasteiger partial charge on any atom is -0.397 e. The molecule has 1 aromatic rings. The number of hydrogen-bond acceptors (Lipinski definition) is 3. The fraction of sp³-hybridized carbons (Fsp3) is 0.538. The van der Waals surface area contributed by atoms with Crippen LogP contribution in [0.25, 0.3) is 0 Å². The van der Waals surface area contributed by atoms with Gasteiger partial charge in [0.15, 0.2) is 0 Å². The third-order valence-corrected chi connectivity index (χ3v) is 3.00. The first-order chi connectivity index (χ1) is 7.75. The molecule has 0 radical (unpaired) electrons. The Labute approximate surface area is 97.0 Å². The number of hydrogen-bond donors (Lipinski definition) is 2. The molecule has 1 aliphatic rings. The monoisotopic (exact) mass is 220 g/mol. The van der Waals surface area contributed by atoms with Gasteiger partial charge in [-0.25, -0.2) is 0 Å². The minimum absolute atomic E-state index is 0.342. The first-order valence-electron chi connectivity index (χ1n) is 5.97. The Kier molecular flexibility index (Phi) is 3.67. The van der Waals surface area contributed by atoms with Crippen molar-refractivity contribution in [1.82, 2.24) is 0 Å². The number of anilines is 2. The second-order valence-electron chi connectivity index (χ2n) is 4.46. The van der Waals surface area contributed by atoms with Crippen molar-refractivity contribution in [3.05, 3.63) is 23.8 Å². The lowest BCUT2D eigenvalue weighted by Gasteiger charge is -2.23. The molecule has 1 atom stereocenters. The standard InChI is InChI=1S/C13H20N2O/c1-10-5-6-13(12(14)8-10)15-9-11-4-2-3-7-16-11/h5-6,8,11,15H,2-4,7,9,14H2,1H3. The van der Waals surface area contributed by atoms with Gasteiger partial charge in [-0.1, -0.05) is 6.07 Å².